The molecule has 2 rings (SSSR count). The van der Waals surface area contributed by atoms with Gasteiger partial charge >= 0.3 is 0 Å². The lowest BCUT2D eigenvalue weighted by Crippen LogP contribution is -2.37. The number of hydrogen-bond donors (Lipinski definition) is 1. The summed E-state index contributed by atoms with van der Waals surface area (Å²) in [6.45, 7) is 13.0. The lowest BCUT2D eigenvalue weighted by atomic mass is 9.97. The molecule has 1 N–H and O–H groups in total. The van der Waals surface area contributed by atoms with Crippen molar-refractivity contribution in [1.29, 1.82) is 0 Å². The van der Waals surface area contributed by atoms with Gasteiger partial charge < -0.3 is 10.1 Å². The van der Waals surface area contributed by atoms with Gasteiger partial charge in [-0.2, -0.15) is 0 Å². The second kappa shape index (κ2) is 8.40. The van der Waals surface area contributed by atoms with E-state index in [-0.39, 0.29) is 0 Å². The Labute approximate surface area is 129 Å². The summed E-state index contributed by atoms with van der Waals surface area (Å²) in [5, 5.41) is 3.44. The van der Waals surface area contributed by atoms with E-state index in [2.05, 4.69) is 49.2 Å². The maximum atomic E-state index is 5.94. The Bertz CT molecular complexity index is 407. The molecule has 3 heteroatoms. The average Bonchev–Trinajstić information content (AvgIpc) is 2.46. The van der Waals surface area contributed by atoms with Crippen LogP contribution in [0, 0.1) is 19.8 Å². The molecule has 0 amide bonds. The fourth-order valence-electron chi connectivity index (χ4n) is 3.12. The highest BCUT2D eigenvalue weighted by Gasteiger charge is 2.16. The highest BCUT2D eigenvalue weighted by Crippen LogP contribution is 2.17. The van der Waals surface area contributed by atoms with E-state index in [4.69, 9.17) is 4.74 Å². The van der Waals surface area contributed by atoms with Crippen LogP contribution < -0.4 is 10.1 Å². The number of nitrogens with one attached hydrogen (secondary N) is 1. The fraction of sp³-hybridized carbons (Fsp3) is 0.667. The molecule has 0 bridgehead atoms. The lowest BCUT2D eigenvalue weighted by Gasteiger charge is -2.29. The normalized spacial score (nSPS) is 16.4. The van der Waals surface area contributed by atoms with E-state index in [1.54, 1.807) is 0 Å². The SMILES string of the molecule is CCN(CCOc1cc(C)cc(C)c1)CC1CCNCC1. The number of benzene rings is 1. The number of piperidine rings is 1. The summed E-state index contributed by atoms with van der Waals surface area (Å²) in [4.78, 5) is 2.53. The molecule has 1 heterocycles. The summed E-state index contributed by atoms with van der Waals surface area (Å²) in [5.41, 5.74) is 2.54. The van der Waals surface area contributed by atoms with Crippen LogP contribution in [0.2, 0.25) is 0 Å². The van der Waals surface area contributed by atoms with E-state index in [0.717, 1.165) is 31.4 Å². The molecule has 1 aromatic rings. The molecular weight excluding hydrogens is 260 g/mol. The molecule has 3 nitrogen and oxygen atoms in total. The van der Waals surface area contributed by atoms with E-state index < -0.39 is 0 Å². The quantitative estimate of drug-likeness (QED) is 0.835. The Kier molecular flexibility index (Phi) is 6.52. The topological polar surface area (TPSA) is 24.5 Å². The van der Waals surface area contributed by atoms with Crippen LogP contribution in [-0.2, 0) is 0 Å². The van der Waals surface area contributed by atoms with Gasteiger partial charge in [-0.3, -0.25) is 4.90 Å². The number of likely N-dealkylation sites (N-methyl/N-ethyl adjacent to an activating group) is 1. The molecule has 1 saturated heterocycles. The molecule has 1 fully saturated rings. The molecular formula is C18H30N2O. The van der Waals surface area contributed by atoms with E-state index in [9.17, 15) is 0 Å². The standard InChI is InChI=1S/C18H30N2O/c1-4-20(14-17-5-7-19-8-6-17)9-10-21-18-12-15(2)11-16(3)13-18/h11-13,17,19H,4-10,14H2,1-3H3. The molecule has 21 heavy (non-hydrogen) atoms. The number of aryl methyl sites for hydroxylation is 2. The van der Waals surface area contributed by atoms with Crippen molar-refractivity contribution in [2.75, 3.05) is 39.3 Å². The zero-order chi connectivity index (χ0) is 15.1. The van der Waals surface area contributed by atoms with Gasteiger partial charge in [0.1, 0.15) is 12.4 Å². The van der Waals surface area contributed by atoms with Crippen molar-refractivity contribution in [3.8, 4) is 5.75 Å². The van der Waals surface area contributed by atoms with Crippen LogP contribution in [0.5, 0.6) is 5.75 Å². The summed E-state index contributed by atoms with van der Waals surface area (Å²) < 4.78 is 5.94. The van der Waals surface area contributed by atoms with Gasteiger partial charge in [0, 0.05) is 13.1 Å². The summed E-state index contributed by atoms with van der Waals surface area (Å²) >= 11 is 0. The van der Waals surface area contributed by atoms with Crippen molar-refractivity contribution in [3.63, 3.8) is 0 Å². The van der Waals surface area contributed by atoms with Gasteiger partial charge in [0.2, 0.25) is 0 Å². The molecule has 0 radical (unpaired) electrons. The Morgan fingerprint density at radius 3 is 2.43 bits per heavy atom. The second-order valence-electron chi connectivity index (χ2n) is 6.26. The number of ether oxygens (including phenoxy) is 1. The smallest absolute Gasteiger partial charge is 0.119 e. The maximum Gasteiger partial charge on any atom is 0.119 e. The van der Waals surface area contributed by atoms with E-state index in [0.29, 0.717) is 0 Å². The molecule has 1 aliphatic rings. The monoisotopic (exact) mass is 290 g/mol. The summed E-state index contributed by atoms with van der Waals surface area (Å²) in [7, 11) is 0. The average molecular weight is 290 g/mol. The van der Waals surface area contributed by atoms with Crippen molar-refractivity contribution in [2.24, 2.45) is 5.92 Å². The van der Waals surface area contributed by atoms with Gasteiger partial charge in [-0.05, 0) is 75.5 Å². The zero-order valence-corrected chi connectivity index (χ0v) is 13.8. The zero-order valence-electron chi connectivity index (χ0n) is 13.8. The van der Waals surface area contributed by atoms with E-state index in [1.165, 1.54) is 43.6 Å². The second-order valence-corrected chi connectivity index (χ2v) is 6.26. The predicted octanol–water partition coefficient (Wildman–Crippen LogP) is 3.00. The van der Waals surface area contributed by atoms with Crippen LogP contribution in [0.3, 0.4) is 0 Å². The van der Waals surface area contributed by atoms with Crippen LogP contribution in [0.1, 0.15) is 30.9 Å². The molecule has 118 valence electrons. The first-order valence-corrected chi connectivity index (χ1v) is 8.31. The third-order valence-corrected chi connectivity index (χ3v) is 4.29. The van der Waals surface area contributed by atoms with Gasteiger partial charge in [-0.1, -0.05) is 13.0 Å². The number of rotatable bonds is 7. The minimum Gasteiger partial charge on any atom is -0.492 e. The third kappa shape index (κ3) is 5.68. The largest absolute Gasteiger partial charge is 0.492 e. The third-order valence-electron chi connectivity index (χ3n) is 4.29. The van der Waals surface area contributed by atoms with Gasteiger partial charge in [0.15, 0.2) is 0 Å². The maximum absolute atomic E-state index is 5.94. The Morgan fingerprint density at radius 1 is 1.14 bits per heavy atom. The molecule has 0 unspecified atom stereocenters. The molecule has 1 aliphatic heterocycles. The van der Waals surface area contributed by atoms with Gasteiger partial charge in [-0.15, -0.1) is 0 Å². The van der Waals surface area contributed by atoms with Crippen molar-refractivity contribution in [2.45, 2.75) is 33.6 Å². The molecule has 0 saturated carbocycles. The number of hydrogen-bond acceptors (Lipinski definition) is 3. The first-order valence-electron chi connectivity index (χ1n) is 8.31. The molecule has 0 spiro atoms. The summed E-state index contributed by atoms with van der Waals surface area (Å²) in [6, 6.07) is 6.43. The van der Waals surface area contributed by atoms with Crippen molar-refractivity contribution >= 4 is 0 Å². The van der Waals surface area contributed by atoms with Crippen LogP contribution in [0.15, 0.2) is 18.2 Å². The van der Waals surface area contributed by atoms with Crippen molar-refractivity contribution in [3.05, 3.63) is 29.3 Å². The molecule has 1 aromatic carbocycles. The van der Waals surface area contributed by atoms with Crippen LogP contribution in [-0.4, -0.2) is 44.2 Å². The predicted molar refractivity (Wildman–Crippen MR) is 89.1 cm³/mol. The van der Waals surface area contributed by atoms with E-state index in [1.807, 2.05) is 0 Å². The lowest BCUT2D eigenvalue weighted by molar-refractivity contribution is 0.178. The Hall–Kier alpha value is -1.06. The van der Waals surface area contributed by atoms with Crippen molar-refractivity contribution in [1.82, 2.24) is 10.2 Å². The Balaban J connectivity index is 1.74. The van der Waals surface area contributed by atoms with Gasteiger partial charge in [0.05, 0.1) is 0 Å². The highest BCUT2D eigenvalue weighted by molar-refractivity contribution is 5.32. The molecule has 0 aromatic heterocycles. The first kappa shape index (κ1) is 16.3. The molecule has 0 atom stereocenters. The Morgan fingerprint density at radius 2 is 1.81 bits per heavy atom. The van der Waals surface area contributed by atoms with Crippen LogP contribution >= 0.6 is 0 Å². The first-order chi connectivity index (χ1) is 10.2. The number of nitrogens with zero attached hydrogens (tertiary/aromatic N) is 1. The van der Waals surface area contributed by atoms with Crippen molar-refractivity contribution < 1.29 is 4.74 Å². The van der Waals surface area contributed by atoms with Gasteiger partial charge in [0.25, 0.3) is 0 Å². The van der Waals surface area contributed by atoms with Crippen LogP contribution in [0.25, 0.3) is 0 Å². The fourth-order valence-corrected chi connectivity index (χ4v) is 3.12. The minimum atomic E-state index is 0.779. The van der Waals surface area contributed by atoms with Crippen LogP contribution in [0.4, 0.5) is 0 Å². The molecule has 0 aliphatic carbocycles. The summed E-state index contributed by atoms with van der Waals surface area (Å²) in [5.74, 6) is 1.86. The van der Waals surface area contributed by atoms with E-state index >= 15 is 0 Å². The minimum absolute atomic E-state index is 0.779. The summed E-state index contributed by atoms with van der Waals surface area (Å²) in [6.07, 6.45) is 2.63. The highest BCUT2D eigenvalue weighted by atomic mass is 16.5. The van der Waals surface area contributed by atoms with Gasteiger partial charge in [-0.25, -0.2) is 0 Å².